The average Bonchev–Trinajstić information content (AvgIpc) is 3.33. The van der Waals surface area contributed by atoms with Crippen LogP contribution in [0.4, 0.5) is 15.7 Å². The number of amides is 2. The Morgan fingerprint density at radius 3 is 2.58 bits per heavy atom. The standard InChI is InChI=1S/C17H12N6OS2/c24-16(22-14-10-25-15(21-14)11-3-6-18-7-4-11)23-17-20-13(9-26-17)12-2-1-5-19-8-12/h1-10H,(H2,20,22,23,24). The Hall–Kier alpha value is -3.17. The van der Waals surface area contributed by atoms with Gasteiger partial charge in [-0.2, -0.15) is 0 Å². The number of thiazole rings is 2. The fourth-order valence-electron chi connectivity index (χ4n) is 2.18. The lowest BCUT2D eigenvalue weighted by Crippen LogP contribution is -2.19. The highest BCUT2D eigenvalue weighted by molar-refractivity contribution is 7.14. The zero-order chi connectivity index (χ0) is 17.8. The molecule has 26 heavy (non-hydrogen) atoms. The summed E-state index contributed by atoms with van der Waals surface area (Å²) in [5, 5.41) is 10.4. The first-order valence-electron chi connectivity index (χ1n) is 7.58. The van der Waals surface area contributed by atoms with E-state index >= 15 is 0 Å². The van der Waals surface area contributed by atoms with E-state index < -0.39 is 0 Å². The maximum atomic E-state index is 12.2. The van der Waals surface area contributed by atoms with Crippen LogP contribution in [0.2, 0.25) is 0 Å². The van der Waals surface area contributed by atoms with Crippen LogP contribution in [-0.4, -0.2) is 26.0 Å². The summed E-state index contributed by atoms with van der Waals surface area (Å²) in [5.41, 5.74) is 2.63. The lowest BCUT2D eigenvalue weighted by atomic mass is 10.2. The first-order valence-corrected chi connectivity index (χ1v) is 9.34. The fourth-order valence-corrected chi connectivity index (χ4v) is 3.65. The number of hydrogen-bond donors (Lipinski definition) is 2. The average molecular weight is 380 g/mol. The Kier molecular flexibility index (Phi) is 4.63. The molecule has 0 fully saturated rings. The van der Waals surface area contributed by atoms with Crippen LogP contribution in [-0.2, 0) is 0 Å². The van der Waals surface area contributed by atoms with E-state index in [1.54, 1.807) is 30.2 Å². The molecule has 0 atom stereocenters. The number of aromatic nitrogens is 4. The van der Waals surface area contributed by atoms with Crippen LogP contribution < -0.4 is 10.6 Å². The number of pyridine rings is 2. The molecule has 4 heterocycles. The molecule has 9 heteroatoms. The number of hydrogen-bond acceptors (Lipinski definition) is 7. The molecule has 0 aliphatic heterocycles. The molecule has 4 aromatic heterocycles. The molecule has 7 nitrogen and oxygen atoms in total. The van der Waals surface area contributed by atoms with Crippen LogP contribution in [0.1, 0.15) is 0 Å². The van der Waals surface area contributed by atoms with Crippen molar-refractivity contribution in [3.05, 3.63) is 59.8 Å². The van der Waals surface area contributed by atoms with Crippen molar-refractivity contribution in [2.75, 3.05) is 10.6 Å². The van der Waals surface area contributed by atoms with Gasteiger partial charge >= 0.3 is 6.03 Å². The zero-order valence-corrected chi connectivity index (χ0v) is 14.9. The van der Waals surface area contributed by atoms with E-state index in [1.165, 1.54) is 22.7 Å². The smallest absolute Gasteiger partial charge is 0.291 e. The normalized spacial score (nSPS) is 10.5. The number of anilines is 2. The van der Waals surface area contributed by atoms with Gasteiger partial charge in [-0.05, 0) is 24.3 Å². The summed E-state index contributed by atoms with van der Waals surface area (Å²) in [4.78, 5) is 29.0. The minimum atomic E-state index is -0.385. The van der Waals surface area contributed by atoms with Crippen molar-refractivity contribution >= 4 is 39.7 Å². The maximum Gasteiger partial charge on any atom is 0.326 e. The van der Waals surface area contributed by atoms with Gasteiger partial charge in [0.25, 0.3) is 0 Å². The molecule has 0 aromatic carbocycles. The lowest BCUT2D eigenvalue weighted by Gasteiger charge is -2.02. The molecule has 0 aliphatic carbocycles. The van der Waals surface area contributed by atoms with Gasteiger partial charge in [0.1, 0.15) is 10.8 Å². The Morgan fingerprint density at radius 1 is 0.885 bits per heavy atom. The summed E-state index contributed by atoms with van der Waals surface area (Å²) in [6.45, 7) is 0. The summed E-state index contributed by atoms with van der Waals surface area (Å²) >= 11 is 2.80. The van der Waals surface area contributed by atoms with Gasteiger partial charge in [-0.1, -0.05) is 0 Å². The van der Waals surface area contributed by atoms with Gasteiger partial charge in [-0.15, -0.1) is 22.7 Å². The fraction of sp³-hybridized carbons (Fsp3) is 0. The predicted molar refractivity (Wildman–Crippen MR) is 103 cm³/mol. The summed E-state index contributed by atoms with van der Waals surface area (Å²) in [5.74, 6) is 0.489. The van der Waals surface area contributed by atoms with Gasteiger partial charge in [-0.3, -0.25) is 20.6 Å². The Labute approximate surface area is 156 Å². The van der Waals surface area contributed by atoms with Crippen LogP contribution in [0.5, 0.6) is 0 Å². The van der Waals surface area contributed by atoms with Crippen molar-refractivity contribution in [3.63, 3.8) is 0 Å². The maximum absolute atomic E-state index is 12.2. The first kappa shape index (κ1) is 16.3. The minimum Gasteiger partial charge on any atom is -0.291 e. The molecule has 0 saturated carbocycles. The highest BCUT2D eigenvalue weighted by Gasteiger charge is 2.10. The second-order valence-corrected chi connectivity index (χ2v) is 6.85. The van der Waals surface area contributed by atoms with Crippen LogP contribution in [0.15, 0.2) is 59.8 Å². The van der Waals surface area contributed by atoms with E-state index in [2.05, 4.69) is 30.6 Å². The topological polar surface area (TPSA) is 92.7 Å². The molecular weight excluding hydrogens is 368 g/mol. The Balaban J connectivity index is 1.40. The van der Waals surface area contributed by atoms with Gasteiger partial charge in [0.15, 0.2) is 5.13 Å². The molecular formula is C17H12N6OS2. The van der Waals surface area contributed by atoms with Crippen molar-refractivity contribution in [3.8, 4) is 21.8 Å². The highest BCUT2D eigenvalue weighted by atomic mass is 32.1. The number of carbonyl (C=O) groups is 1. The number of carbonyl (C=O) groups excluding carboxylic acids is 1. The van der Waals surface area contributed by atoms with Gasteiger partial charge in [-0.25, -0.2) is 14.8 Å². The second kappa shape index (κ2) is 7.38. The van der Waals surface area contributed by atoms with Crippen molar-refractivity contribution in [2.45, 2.75) is 0 Å². The van der Waals surface area contributed by atoms with Gasteiger partial charge in [0.2, 0.25) is 0 Å². The first-order chi connectivity index (χ1) is 12.8. The summed E-state index contributed by atoms with van der Waals surface area (Å²) in [6.07, 6.45) is 6.85. The van der Waals surface area contributed by atoms with E-state index in [4.69, 9.17) is 0 Å². The third kappa shape index (κ3) is 3.73. The quantitative estimate of drug-likeness (QED) is 0.548. The van der Waals surface area contributed by atoms with Crippen LogP contribution >= 0.6 is 22.7 Å². The molecule has 0 spiro atoms. The van der Waals surface area contributed by atoms with Crippen molar-refractivity contribution in [1.82, 2.24) is 19.9 Å². The van der Waals surface area contributed by atoms with Crippen molar-refractivity contribution < 1.29 is 4.79 Å². The zero-order valence-electron chi connectivity index (χ0n) is 13.3. The lowest BCUT2D eigenvalue weighted by molar-refractivity contribution is 0.262. The number of rotatable bonds is 4. The highest BCUT2D eigenvalue weighted by Crippen LogP contribution is 2.26. The van der Waals surface area contributed by atoms with E-state index in [0.29, 0.717) is 10.9 Å². The monoisotopic (exact) mass is 380 g/mol. The summed E-state index contributed by atoms with van der Waals surface area (Å²) in [6, 6.07) is 7.12. The van der Waals surface area contributed by atoms with Crippen LogP contribution in [0.25, 0.3) is 21.8 Å². The van der Waals surface area contributed by atoms with Crippen LogP contribution in [0.3, 0.4) is 0 Å². The van der Waals surface area contributed by atoms with Gasteiger partial charge in [0, 0.05) is 46.7 Å². The Bertz CT molecular complexity index is 934. The number of nitrogens with zero attached hydrogens (tertiary/aromatic N) is 4. The van der Waals surface area contributed by atoms with Crippen LogP contribution in [0, 0.1) is 0 Å². The third-order valence-corrected chi connectivity index (χ3v) is 5.00. The summed E-state index contributed by atoms with van der Waals surface area (Å²) in [7, 11) is 0. The molecule has 2 N–H and O–H groups in total. The van der Waals surface area contributed by atoms with E-state index in [-0.39, 0.29) is 6.03 Å². The largest absolute Gasteiger partial charge is 0.326 e. The predicted octanol–water partition coefficient (Wildman–Crippen LogP) is 4.37. The van der Waals surface area contributed by atoms with E-state index in [0.717, 1.165) is 21.8 Å². The summed E-state index contributed by atoms with van der Waals surface area (Å²) < 4.78 is 0. The minimum absolute atomic E-state index is 0.385. The molecule has 128 valence electrons. The SMILES string of the molecule is O=C(Nc1csc(-c2ccncc2)n1)Nc1nc(-c2cccnc2)cs1. The van der Waals surface area contributed by atoms with Gasteiger partial charge in [0.05, 0.1) is 5.69 Å². The Morgan fingerprint density at radius 2 is 1.77 bits per heavy atom. The molecule has 0 aliphatic rings. The second-order valence-electron chi connectivity index (χ2n) is 5.13. The van der Waals surface area contributed by atoms with Crippen molar-refractivity contribution in [1.29, 1.82) is 0 Å². The number of nitrogens with one attached hydrogen (secondary N) is 2. The molecule has 0 bridgehead atoms. The third-order valence-electron chi connectivity index (χ3n) is 3.36. The molecule has 0 radical (unpaired) electrons. The van der Waals surface area contributed by atoms with Gasteiger partial charge < -0.3 is 0 Å². The molecule has 2 amide bonds. The number of urea groups is 1. The van der Waals surface area contributed by atoms with E-state index in [9.17, 15) is 4.79 Å². The molecule has 0 saturated heterocycles. The van der Waals surface area contributed by atoms with Crippen molar-refractivity contribution in [2.24, 2.45) is 0 Å². The molecule has 4 aromatic rings. The molecule has 4 rings (SSSR count). The molecule has 0 unspecified atom stereocenters. The van der Waals surface area contributed by atoms with E-state index in [1.807, 2.05) is 29.6 Å².